The van der Waals surface area contributed by atoms with E-state index in [1.54, 1.807) is 63.4 Å². The van der Waals surface area contributed by atoms with Gasteiger partial charge in [0.05, 0.1) is 50.1 Å². The van der Waals surface area contributed by atoms with E-state index in [9.17, 15) is 9.59 Å². The standard InChI is InChI=1S/C31H24BrCl3N2O5S/c1-4-41-30(39)27-16(2)36-31-37(28(27)18-6-9-25(40-3)21(32)13-18)29(38)26(43-31)14-19-12-20(33)7-10-24(19)42-15-17-5-8-22(34)23(35)11-17/h5-14,28H,4,15H2,1-3H3/b26-14-/t28-/m1/s1. The molecule has 0 N–H and O–H groups in total. The van der Waals surface area contributed by atoms with Gasteiger partial charge in [-0.1, -0.05) is 58.3 Å². The molecule has 7 nitrogen and oxygen atoms in total. The van der Waals surface area contributed by atoms with Crippen molar-refractivity contribution in [2.24, 2.45) is 4.99 Å². The van der Waals surface area contributed by atoms with Crippen molar-refractivity contribution in [3.63, 3.8) is 0 Å². The third-order valence-corrected chi connectivity index (χ3v) is 9.22. The Morgan fingerprint density at radius 2 is 1.84 bits per heavy atom. The van der Waals surface area contributed by atoms with Gasteiger partial charge in [0.1, 0.15) is 18.1 Å². The van der Waals surface area contributed by atoms with E-state index in [1.165, 1.54) is 15.9 Å². The maximum absolute atomic E-state index is 14.1. The quantitative estimate of drug-likeness (QED) is 0.181. The minimum absolute atomic E-state index is 0.179. The normalized spacial score (nSPS) is 14.8. The first-order valence-corrected chi connectivity index (χ1v) is 15.7. The Balaban J connectivity index is 1.62. The number of fused-ring (bicyclic) bond motifs is 1. The number of allylic oxidation sites excluding steroid dienone is 1. The smallest absolute Gasteiger partial charge is 0.338 e. The lowest BCUT2D eigenvalue weighted by Crippen LogP contribution is -2.40. The average molecular weight is 723 g/mol. The SMILES string of the molecule is CCOC(=O)C1=C(C)N=c2s/c(=C\c3cc(Cl)ccc3OCc3ccc(Cl)c(Cl)c3)c(=O)n2[C@@H]1c1ccc(OC)c(Br)c1. The number of carbonyl (C=O) groups is 1. The van der Waals surface area contributed by atoms with Crippen LogP contribution in [0.4, 0.5) is 0 Å². The molecular weight excluding hydrogens is 699 g/mol. The van der Waals surface area contributed by atoms with Crippen molar-refractivity contribution < 1.29 is 19.0 Å². The number of hydrogen-bond acceptors (Lipinski definition) is 7. The fraction of sp³-hybridized carbons (Fsp3) is 0.194. The number of methoxy groups -OCH3 is 1. The number of halogens is 4. The molecule has 43 heavy (non-hydrogen) atoms. The predicted molar refractivity (Wildman–Crippen MR) is 173 cm³/mol. The molecule has 5 rings (SSSR count). The second-order valence-corrected chi connectivity index (χ2v) is 12.5. The van der Waals surface area contributed by atoms with Gasteiger partial charge >= 0.3 is 5.97 Å². The number of carbonyl (C=O) groups excluding carboxylic acids is 1. The van der Waals surface area contributed by atoms with Crippen molar-refractivity contribution in [2.45, 2.75) is 26.5 Å². The maximum atomic E-state index is 14.1. The summed E-state index contributed by atoms with van der Waals surface area (Å²) < 4.78 is 19.5. The molecule has 1 aliphatic heterocycles. The van der Waals surface area contributed by atoms with E-state index in [1.807, 2.05) is 18.2 Å². The van der Waals surface area contributed by atoms with Crippen LogP contribution in [0.2, 0.25) is 15.1 Å². The van der Waals surface area contributed by atoms with Crippen LogP contribution in [0.25, 0.3) is 6.08 Å². The van der Waals surface area contributed by atoms with Crippen LogP contribution in [-0.4, -0.2) is 24.3 Å². The molecule has 0 bridgehead atoms. The zero-order valence-corrected chi connectivity index (χ0v) is 27.8. The first-order valence-electron chi connectivity index (χ1n) is 13.0. The fourth-order valence-corrected chi connectivity index (χ4v) is 6.75. The predicted octanol–water partition coefficient (Wildman–Crippen LogP) is 7.11. The Kier molecular flexibility index (Phi) is 9.68. The van der Waals surface area contributed by atoms with Crippen LogP contribution in [0.3, 0.4) is 0 Å². The van der Waals surface area contributed by atoms with Crippen molar-refractivity contribution in [3.8, 4) is 11.5 Å². The lowest BCUT2D eigenvalue weighted by molar-refractivity contribution is -0.139. The van der Waals surface area contributed by atoms with Gasteiger partial charge in [-0.25, -0.2) is 9.79 Å². The highest BCUT2D eigenvalue weighted by molar-refractivity contribution is 9.10. The molecule has 0 radical (unpaired) electrons. The Labute approximate surface area is 274 Å². The lowest BCUT2D eigenvalue weighted by atomic mass is 9.96. The second kappa shape index (κ2) is 13.3. The monoisotopic (exact) mass is 720 g/mol. The van der Waals surface area contributed by atoms with Gasteiger partial charge in [-0.2, -0.15) is 0 Å². The van der Waals surface area contributed by atoms with Crippen LogP contribution in [0.15, 0.2) is 80.1 Å². The van der Waals surface area contributed by atoms with Crippen molar-refractivity contribution >= 4 is 74.1 Å². The molecule has 2 heterocycles. The highest BCUT2D eigenvalue weighted by atomic mass is 79.9. The molecule has 0 saturated heterocycles. The van der Waals surface area contributed by atoms with E-state index in [-0.39, 0.29) is 24.3 Å². The van der Waals surface area contributed by atoms with Crippen LogP contribution in [0.1, 0.15) is 36.6 Å². The van der Waals surface area contributed by atoms with E-state index in [2.05, 4.69) is 20.9 Å². The maximum Gasteiger partial charge on any atom is 0.338 e. The van der Waals surface area contributed by atoms with Crippen molar-refractivity contribution in [3.05, 3.63) is 122 Å². The summed E-state index contributed by atoms with van der Waals surface area (Å²) in [4.78, 5) is 32.3. The third kappa shape index (κ3) is 6.56. The van der Waals surface area contributed by atoms with Crippen LogP contribution in [0.5, 0.6) is 11.5 Å². The number of thiazole rings is 1. The van der Waals surface area contributed by atoms with E-state index < -0.39 is 12.0 Å². The molecule has 222 valence electrons. The molecule has 12 heteroatoms. The Morgan fingerprint density at radius 1 is 1.07 bits per heavy atom. The molecule has 4 aromatic rings. The number of benzene rings is 3. The first-order chi connectivity index (χ1) is 20.6. The number of aromatic nitrogens is 1. The summed E-state index contributed by atoms with van der Waals surface area (Å²) >= 11 is 23.3. The van der Waals surface area contributed by atoms with Gasteiger partial charge in [0.15, 0.2) is 4.80 Å². The summed E-state index contributed by atoms with van der Waals surface area (Å²) in [6.07, 6.45) is 1.71. The minimum atomic E-state index is -0.774. The van der Waals surface area contributed by atoms with Crippen molar-refractivity contribution in [2.75, 3.05) is 13.7 Å². The molecular formula is C31H24BrCl3N2O5S. The summed E-state index contributed by atoms with van der Waals surface area (Å²) in [5.41, 5.74) is 2.53. The van der Waals surface area contributed by atoms with Gasteiger partial charge in [0.2, 0.25) is 0 Å². The van der Waals surface area contributed by atoms with Gasteiger partial charge < -0.3 is 14.2 Å². The van der Waals surface area contributed by atoms with Crippen molar-refractivity contribution in [1.82, 2.24) is 4.57 Å². The lowest BCUT2D eigenvalue weighted by Gasteiger charge is -2.25. The van der Waals surface area contributed by atoms with Gasteiger partial charge in [-0.3, -0.25) is 9.36 Å². The van der Waals surface area contributed by atoms with E-state index in [4.69, 9.17) is 49.0 Å². The number of rotatable bonds is 8. The molecule has 0 aliphatic carbocycles. The van der Waals surface area contributed by atoms with E-state index in [0.717, 1.165) is 5.56 Å². The molecule has 1 atom stereocenters. The van der Waals surface area contributed by atoms with E-state index in [0.29, 0.717) is 57.2 Å². The largest absolute Gasteiger partial charge is 0.496 e. The minimum Gasteiger partial charge on any atom is -0.496 e. The third-order valence-electron chi connectivity index (χ3n) is 6.65. The van der Waals surface area contributed by atoms with Gasteiger partial charge in [-0.05, 0) is 89.4 Å². The Hall–Kier alpha value is -3.08. The Morgan fingerprint density at radius 3 is 2.53 bits per heavy atom. The van der Waals surface area contributed by atoms with Crippen LogP contribution < -0.4 is 24.4 Å². The first kappa shape index (κ1) is 31.3. The van der Waals surface area contributed by atoms with Gasteiger partial charge in [0, 0.05) is 10.6 Å². The summed E-state index contributed by atoms with van der Waals surface area (Å²) in [5.74, 6) is 0.590. The molecule has 1 aromatic heterocycles. The van der Waals surface area contributed by atoms with Crippen LogP contribution in [-0.2, 0) is 16.1 Å². The molecule has 3 aromatic carbocycles. The summed E-state index contributed by atoms with van der Waals surface area (Å²) in [6, 6.07) is 15.1. The molecule has 0 unspecified atom stereocenters. The van der Waals surface area contributed by atoms with E-state index >= 15 is 0 Å². The average Bonchev–Trinajstić information content (AvgIpc) is 3.27. The second-order valence-electron chi connectivity index (χ2n) is 9.42. The molecule has 0 amide bonds. The topological polar surface area (TPSA) is 79.1 Å². The molecule has 1 aliphatic rings. The van der Waals surface area contributed by atoms with Gasteiger partial charge in [-0.15, -0.1) is 0 Å². The zero-order valence-electron chi connectivity index (χ0n) is 23.1. The number of nitrogens with zero attached hydrogens (tertiary/aromatic N) is 2. The highest BCUT2D eigenvalue weighted by Gasteiger charge is 2.33. The molecule has 0 spiro atoms. The number of hydrogen-bond donors (Lipinski definition) is 0. The van der Waals surface area contributed by atoms with Crippen LogP contribution >= 0.6 is 62.1 Å². The zero-order chi connectivity index (χ0) is 30.8. The highest BCUT2D eigenvalue weighted by Crippen LogP contribution is 2.35. The van der Waals surface area contributed by atoms with Crippen LogP contribution in [0, 0.1) is 0 Å². The molecule has 0 saturated carbocycles. The van der Waals surface area contributed by atoms with Gasteiger partial charge in [0.25, 0.3) is 5.56 Å². The molecule has 0 fully saturated rings. The Bertz CT molecular complexity index is 1950. The summed E-state index contributed by atoms with van der Waals surface area (Å²) in [7, 11) is 1.56. The van der Waals surface area contributed by atoms with Crippen molar-refractivity contribution in [1.29, 1.82) is 0 Å². The fourth-order valence-electron chi connectivity index (χ4n) is 4.65. The number of esters is 1. The summed E-state index contributed by atoms with van der Waals surface area (Å²) in [5, 5.41) is 1.35. The summed E-state index contributed by atoms with van der Waals surface area (Å²) in [6.45, 7) is 3.86. The number of ether oxygens (including phenoxy) is 3.